The number of ketones is 1. The first-order valence-electron chi connectivity index (χ1n) is 8.73. The van der Waals surface area contributed by atoms with E-state index in [0.717, 1.165) is 32.5 Å². The average Bonchev–Trinajstić information content (AvgIpc) is 2.53. The van der Waals surface area contributed by atoms with Crippen LogP contribution >= 0.6 is 12.4 Å². The number of rotatable bonds is 8. The van der Waals surface area contributed by atoms with Crippen molar-refractivity contribution in [1.29, 1.82) is 0 Å². The van der Waals surface area contributed by atoms with Gasteiger partial charge in [0.1, 0.15) is 5.75 Å². The number of nitrogens with zero attached hydrogens (tertiary/aromatic N) is 1. The third-order valence-electron chi connectivity index (χ3n) is 4.13. The van der Waals surface area contributed by atoms with Gasteiger partial charge in [-0.1, -0.05) is 19.1 Å². The molecule has 136 valence electrons. The lowest BCUT2D eigenvalue weighted by atomic mass is 10.1. The van der Waals surface area contributed by atoms with E-state index in [1.54, 1.807) is 0 Å². The van der Waals surface area contributed by atoms with Gasteiger partial charge >= 0.3 is 0 Å². The Hall–Kier alpha value is -1.10. The van der Waals surface area contributed by atoms with Crippen LogP contribution in [0.1, 0.15) is 50.4 Å². The standard InChI is InChI=1S/C19H29NO3.ClH/c1-4-18(21)17-9-5-6-10-19(17)22-12-8-7-11-20-13-15(2)23-16(3)14-20;/h5-6,9-10,15-16H,4,7-8,11-14H2,1-3H3;1H. The molecule has 2 atom stereocenters. The molecule has 5 heteroatoms. The van der Waals surface area contributed by atoms with Crippen molar-refractivity contribution in [3.05, 3.63) is 29.8 Å². The van der Waals surface area contributed by atoms with Crippen LogP contribution in [0.5, 0.6) is 5.75 Å². The van der Waals surface area contributed by atoms with Crippen LogP contribution in [-0.2, 0) is 4.74 Å². The van der Waals surface area contributed by atoms with Gasteiger partial charge in [-0.3, -0.25) is 9.69 Å². The van der Waals surface area contributed by atoms with Crippen LogP contribution in [0.15, 0.2) is 24.3 Å². The number of benzene rings is 1. The molecule has 1 aliphatic rings. The van der Waals surface area contributed by atoms with Crippen molar-refractivity contribution in [2.75, 3.05) is 26.2 Å². The number of hydrogen-bond donors (Lipinski definition) is 0. The third kappa shape index (κ3) is 6.42. The van der Waals surface area contributed by atoms with E-state index in [2.05, 4.69) is 18.7 Å². The SMILES string of the molecule is CCC(=O)c1ccccc1OCCCCN1CC(C)OC(C)C1.Cl. The summed E-state index contributed by atoms with van der Waals surface area (Å²) in [5, 5.41) is 0. The van der Waals surface area contributed by atoms with Gasteiger partial charge < -0.3 is 9.47 Å². The Morgan fingerprint density at radius 3 is 2.54 bits per heavy atom. The summed E-state index contributed by atoms with van der Waals surface area (Å²) in [5.74, 6) is 0.852. The van der Waals surface area contributed by atoms with Gasteiger partial charge in [0, 0.05) is 19.5 Å². The number of para-hydroxylation sites is 1. The van der Waals surface area contributed by atoms with Crippen LogP contribution in [-0.4, -0.2) is 49.1 Å². The summed E-state index contributed by atoms with van der Waals surface area (Å²) >= 11 is 0. The largest absolute Gasteiger partial charge is 0.493 e. The van der Waals surface area contributed by atoms with Crippen LogP contribution < -0.4 is 4.74 Å². The summed E-state index contributed by atoms with van der Waals surface area (Å²) in [5.41, 5.74) is 0.700. The first kappa shape index (κ1) is 20.9. The van der Waals surface area contributed by atoms with E-state index in [9.17, 15) is 4.79 Å². The molecule has 0 aromatic heterocycles. The number of carbonyl (C=O) groups is 1. The van der Waals surface area contributed by atoms with E-state index >= 15 is 0 Å². The molecule has 2 rings (SSSR count). The Morgan fingerprint density at radius 2 is 1.88 bits per heavy atom. The number of hydrogen-bond acceptors (Lipinski definition) is 4. The second-order valence-corrected chi connectivity index (χ2v) is 6.35. The highest BCUT2D eigenvalue weighted by Gasteiger charge is 2.21. The molecule has 1 fully saturated rings. The Morgan fingerprint density at radius 1 is 1.21 bits per heavy atom. The normalized spacial score (nSPS) is 21.1. The number of ether oxygens (including phenoxy) is 2. The fourth-order valence-corrected chi connectivity index (χ4v) is 3.10. The molecule has 0 spiro atoms. The maximum Gasteiger partial charge on any atom is 0.166 e. The minimum atomic E-state index is 0. The van der Waals surface area contributed by atoms with Gasteiger partial charge in [0.2, 0.25) is 0 Å². The summed E-state index contributed by atoms with van der Waals surface area (Å²) in [6, 6.07) is 7.53. The quantitative estimate of drug-likeness (QED) is 0.522. The van der Waals surface area contributed by atoms with Crippen LogP contribution in [0.4, 0.5) is 0 Å². The Labute approximate surface area is 151 Å². The van der Waals surface area contributed by atoms with Crippen molar-refractivity contribution in [2.45, 2.75) is 52.2 Å². The molecular formula is C19H30ClNO3. The highest BCUT2D eigenvalue weighted by molar-refractivity contribution is 5.98. The van der Waals surface area contributed by atoms with Crippen LogP contribution in [0.25, 0.3) is 0 Å². The van der Waals surface area contributed by atoms with E-state index < -0.39 is 0 Å². The average molecular weight is 356 g/mol. The molecule has 1 aromatic carbocycles. The van der Waals surface area contributed by atoms with Gasteiger partial charge in [0.15, 0.2) is 5.78 Å². The minimum absolute atomic E-state index is 0. The van der Waals surface area contributed by atoms with Crippen molar-refractivity contribution < 1.29 is 14.3 Å². The maximum absolute atomic E-state index is 11.9. The Balaban J connectivity index is 0.00000288. The molecule has 1 saturated heterocycles. The first-order valence-corrected chi connectivity index (χ1v) is 8.73. The molecule has 0 radical (unpaired) electrons. The number of Topliss-reactive ketones (excluding diaryl/α,β-unsaturated/α-hetero) is 1. The zero-order valence-electron chi connectivity index (χ0n) is 15.0. The minimum Gasteiger partial charge on any atom is -0.493 e. The van der Waals surface area contributed by atoms with E-state index in [1.165, 1.54) is 0 Å². The summed E-state index contributed by atoms with van der Waals surface area (Å²) in [6.07, 6.45) is 3.25. The van der Waals surface area contributed by atoms with E-state index in [-0.39, 0.29) is 18.2 Å². The van der Waals surface area contributed by atoms with E-state index in [4.69, 9.17) is 9.47 Å². The lowest BCUT2D eigenvalue weighted by molar-refractivity contribution is -0.0682. The van der Waals surface area contributed by atoms with Gasteiger partial charge in [-0.05, 0) is 45.4 Å². The molecule has 24 heavy (non-hydrogen) atoms. The molecule has 0 saturated carbocycles. The number of morpholine rings is 1. The fourth-order valence-electron chi connectivity index (χ4n) is 3.10. The molecule has 1 aromatic rings. The fraction of sp³-hybridized carbons (Fsp3) is 0.632. The van der Waals surface area contributed by atoms with Crippen molar-refractivity contribution >= 4 is 18.2 Å². The second kappa shape index (κ2) is 10.7. The highest BCUT2D eigenvalue weighted by atomic mass is 35.5. The number of halogens is 1. The predicted molar refractivity (Wildman–Crippen MR) is 99.5 cm³/mol. The van der Waals surface area contributed by atoms with E-state index in [0.29, 0.717) is 36.5 Å². The van der Waals surface area contributed by atoms with Crippen molar-refractivity contribution in [1.82, 2.24) is 4.90 Å². The molecule has 2 unspecified atom stereocenters. The summed E-state index contributed by atoms with van der Waals surface area (Å²) in [6.45, 7) is 9.91. The zero-order chi connectivity index (χ0) is 16.7. The molecule has 1 aliphatic heterocycles. The van der Waals surface area contributed by atoms with Gasteiger partial charge in [0.05, 0.1) is 24.4 Å². The lowest BCUT2D eigenvalue weighted by Crippen LogP contribution is -2.45. The summed E-state index contributed by atoms with van der Waals surface area (Å²) < 4.78 is 11.6. The molecule has 0 N–H and O–H groups in total. The summed E-state index contributed by atoms with van der Waals surface area (Å²) in [7, 11) is 0. The molecule has 0 aliphatic carbocycles. The lowest BCUT2D eigenvalue weighted by Gasteiger charge is -2.35. The van der Waals surface area contributed by atoms with Crippen LogP contribution in [0, 0.1) is 0 Å². The van der Waals surface area contributed by atoms with Crippen LogP contribution in [0.2, 0.25) is 0 Å². The first-order chi connectivity index (χ1) is 11.1. The maximum atomic E-state index is 11.9. The van der Waals surface area contributed by atoms with Gasteiger partial charge in [-0.15, -0.1) is 12.4 Å². The highest BCUT2D eigenvalue weighted by Crippen LogP contribution is 2.20. The Kier molecular flexibility index (Phi) is 9.34. The van der Waals surface area contributed by atoms with E-state index in [1.807, 2.05) is 31.2 Å². The molecule has 1 heterocycles. The number of unbranched alkanes of at least 4 members (excludes halogenated alkanes) is 1. The van der Waals surface area contributed by atoms with Crippen molar-refractivity contribution in [3.63, 3.8) is 0 Å². The van der Waals surface area contributed by atoms with Gasteiger partial charge in [-0.25, -0.2) is 0 Å². The molecular weight excluding hydrogens is 326 g/mol. The van der Waals surface area contributed by atoms with Gasteiger partial charge in [0.25, 0.3) is 0 Å². The topological polar surface area (TPSA) is 38.8 Å². The van der Waals surface area contributed by atoms with Crippen LogP contribution in [0.3, 0.4) is 0 Å². The Bertz CT molecular complexity index is 499. The zero-order valence-corrected chi connectivity index (χ0v) is 15.8. The third-order valence-corrected chi connectivity index (χ3v) is 4.13. The predicted octanol–water partition coefficient (Wildman–Crippen LogP) is 3.97. The van der Waals surface area contributed by atoms with Gasteiger partial charge in [-0.2, -0.15) is 0 Å². The summed E-state index contributed by atoms with van der Waals surface area (Å²) in [4.78, 5) is 14.4. The monoisotopic (exact) mass is 355 g/mol. The molecule has 0 bridgehead atoms. The second-order valence-electron chi connectivity index (χ2n) is 6.35. The number of carbonyl (C=O) groups excluding carboxylic acids is 1. The molecule has 0 amide bonds. The smallest absolute Gasteiger partial charge is 0.166 e. The molecule has 4 nitrogen and oxygen atoms in total. The van der Waals surface area contributed by atoms with Crippen molar-refractivity contribution in [2.24, 2.45) is 0 Å². The van der Waals surface area contributed by atoms with Crippen molar-refractivity contribution in [3.8, 4) is 5.75 Å².